The van der Waals surface area contributed by atoms with Gasteiger partial charge >= 0.3 is 0 Å². The van der Waals surface area contributed by atoms with E-state index in [1.54, 1.807) is 0 Å². The summed E-state index contributed by atoms with van der Waals surface area (Å²) >= 11 is 3.40. The van der Waals surface area contributed by atoms with E-state index >= 15 is 0 Å². The first-order valence-corrected chi connectivity index (χ1v) is 5.85. The van der Waals surface area contributed by atoms with Gasteiger partial charge in [0, 0.05) is 10.0 Å². The maximum absolute atomic E-state index is 5.81. The molecule has 0 spiro atoms. The number of rotatable bonds is 3. The second-order valence-corrected chi connectivity index (χ2v) is 4.40. The molecule has 5 heteroatoms. The van der Waals surface area contributed by atoms with E-state index in [9.17, 15) is 0 Å². The van der Waals surface area contributed by atoms with Crippen LogP contribution in [0.5, 0.6) is 0 Å². The van der Waals surface area contributed by atoms with Crippen molar-refractivity contribution in [1.82, 2.24) is 10.1 Å². The minimum atomic E-state index is -0.187. The second-order valence-electron chi connectivity index (χ2n) is 3.48. The summed E-state index contributed by atoms with van der Waals surface area (Å²) in [6.07, 6.45) is 0.778. The molecule has 0 bridgehead atoms. The van der Waals surface area contributed by atoms with Crippen molar-refractivity contribution in [2.24, 2.45) is 5.73 Å². The van der Waals surface area contributed by atoms with E-state index < -0.39 is 0 Å². The molecule has 0 fully saturated rings. The molecule has 0 unspecified atom stereocenters. The Morgan fingerprint density at radius 1 is 1.50 bits per heavy atom. The second kappa shape index (κ2) is 4.76. The van der Waals surface area contributed by atoms with Gasteiger partial charge in [0.2, 0.25) is 11.7 Å². The third-order valence-corrected chi connectivity index (χ3v) is 2.77. The summed E-state index contributed by atoms with van der Waals surface area (Å²) < 4.78 is 6.09. The van der Waals surface area contributed by atoms with E-state index in [-0.39, 0.29) is 6.04 Å². The van der Waals surface area contributed by atoms with Crippen molar-refractivity contribution in [2.45, 2.75) is 19.4 Å². The van der Waals surface area contributed by atoms with Gasteiger partial charge in [0.15, 0.2) is 0 Å². The van der Waals surface area contributed by atoms with Gasteiger partial charge in [-0.25, -0.2) is 0 Å². The van der Waals surface area contributed by atoms with Crippen LogP contribution < -0.4 is 5.73 Å². The molecule has 1 atom stereocenters. The van der Waals surface area contributed by atoms with Crippen molar-refractivity contribution in [3.05, 3.63) is 34.6 Å². The summed E-state index contributed by atoms with van der Waals surface area (Å²) in [5, 5.41) is 3.91. The van der Waals surface area contributed by atoms with Crippen molar-refractivity contribution in [3.8, 4) is 11.4 Å². The predicted octanol–water partition coefficient (Wildman–Crippen LogP) is 2.91. The fraction of sp³-hybridized carbons (Fsp3) is 0.273. The normalized spacial score (nSPS) is 12.7. The summed E-state index contributed by atoms with van der Waals surface area (Å²) in [4.78, 5) is 4.27. The summed E-state index contributed by atoms with van der Waals surface area (Å²) in [5.74, 6) is 1.05. The predicted molar refractivity (Wildman–Crippen MR) is 64.7 cm³/mol. The number of benzene rings is 1. The Kier molecular flexibility index (Phi) is 3.36. The quantitative estimate of drug-likeness (QED) is 0.940. The molecule has 0 aliphatic heterocycles. The van der Waals surface area contributed by atoms with Crippen LogP contribution in [-0.4, -0.2) is 10.1 Å². The third-order valence-electron chi connectivity index (χ3n) is 2.28. The molecule has 2 aromatic rings. The number of hydrogen-bond donors (Lipinski definition) is 1. The number of nitrogens with zero attached hydrogens (tertiary/aromatic N) is 2. The van der Waals surface area contributed by atoms with Gasteiger partial charge in [-0.2, -0.15) is 4.98 Å². The summed E-state index contributed by atoms with van der Waals surface area (Å²) in [5.41, 5.74) is 6.72. The average Bonchev–Trinajstić information content (AvgIpc) is 2.77. The highest BCUT2D eigenvalue weighted by Crippen LogP contribution is 2.21. The molecule has 1 aromatic carbocycles. The topological polar surface area (TPSA) is 64.9 Å². The molecule has 16 heavy (non-hydrogen) atoms. The summed E-state index contributed by atoms with van der Waals surface area (Å²) in [7, 11) is 0. The molecular formula is C11H12BrN3O. The Bertz CT molecular complexity index is 484. The zero-order valence-electron chi connectivity index (χ0n) is 8.85. The first-order chi connectivity index (χ1) is 7.70. The minimum Gasteiger partial charge on any atom is -0.337 e. The Balaban J connectivity index is 2.31. The van der Waals surface area contributed by atoms with E-state index in [1.807, 2.05) is 31.2 Å². The van der Waals surface area contributed by atoms with Crippen LogP contribution in [0.25, 0.3) is 11.4 Å². The van der Waals surface area contributed by atoms with Gasteiger partial charge in [-0.1, -0.05) is 40.1 Å². The summed E-state index contributed by atoms with van der Waals surface area (Å²) in [6, 6.07) is 7.55. The van der Waals surface area contributed by atoms with E-state index in [2.05, 4.69) is 26.1 Å². The lowest BCUT2D eigenvalue weighted by molar-refractivity contribution is 0.352. The monoisotopic (exact) mass is 281 g/mol. The van der Waals surface area contributed by atoms with Gasteiger partial charge in [-0.15, -0.1) is 0 Å². The molecule has 0 radical (unpaired) electrons. The van der Waals surface area contributed by atoms with Crippen LogP contribution in [0.3, 0.4) is 0 Å². The molecule has 0 amide bonds. The molecular weight excluding hydrogens is 270 g/mol. The highest BCUT2D eigenvalue weighted by molar-refractivity contribution is 9.10. The van der Waals surface area contributed by atoms with Gasteiger partial charge in [-0.05, 0) is 18.6 Å². The lowest BCUT2D eigenvalue weighted by Gasteiger charge is -1.99. The highest BCUT2D eigenvalue weighted by atomic mass is 79.9. The number of aromatic nitrogens is 2. The third kappa shape index (κ3) is 2.31. The number of nitrogens with two attached hydrogens (primary N) is 1. The SMILES string of the molecule is CC[C@H](N)c1nc(-c2cccc(Br)c2)no1. The standard InChI is InChI=1S/C11H12BrN3O/c1-2-9(13)11-14-10(15-16-11)7-4-3-5-8(12)6-7/h3-6,9H,2,13H2,1H3/t9-/m0/s1. The van der Waals surface area contributed by atoms with Crippen LogP contribution in [0.4, 0.5) is 0 Å². The smallest absolute Gasteiger partial charge is 0.243 e. The fourth-order valence-electron chi connectivity index (χ4n) is 1.31. The van der Waals surface area contributed by atoms with Crippen LogP contribution in [-0.2, 0) is 0 Å². The molecule has 0 saturated carbocycles. The zero-order valence-corrected chi connectivity index (χ0v) is 10.4. The van der Waals surface area contributed by atoms with Crippen LogP contribution in [0.1, 0.15) is 25.3 Å². The van der Waals surface area contributed by atoms with Crippen molar-refractivity contribution >= 4 is 15.9 Å². The largest absolute Gasteiger partial charge is 0.337 e. The number of hydrogen-bond acceptors (Lipinski definition) is 4. The van der Waals surface area contributed by atoms with Gasteiger partial charge in [0.05, 0.1) is 6.04 Å². The van der Waals surface area contributed by atoms with Gasteiger partial charge in [-0.3, -0.25) is 0 Å². The maximum atomic E-state index is 5.81. The molecule has 2 N–H and O–H groups in total. The van der Waals surface area contributed by atoms with Crippen molar-refractivity contribution < 1.29 is 4.52 Å². The summed E-state index contributed by atoms with van der Waals surface area (Å²) in [6.45, 7) is 1.98. The Morgan fingerprint density at radius 2 is 2.31 bits per heavy atom. The minimum absolute atomic E-state index is 0.187. The zero-order chi connectivity index (χ0) is 11.5. The van der Waals surface area contributed by atoms with E-state index in [1.165, 1.54) is 0 Å². The van der Waals surface area contributed by atoms with Crippen LogP contribution in [0, 0.1) is 0 Å². The molecule has 0 aliphatic rings. The first-order valence-electron chi connectivity index (χ1n) is 5.06. The van der Waals surface area contributed by atoms with Crippen molar-refractivity contribution in [1.29, 1.82) is 0 Å². The average molecular weight is 282 g/mol. The van der Waals surface area contributed by atoms with E-state index in [4.69, 9.17) is 10.3 Å². The Morgan fingerprint density at radius 3 is 3.00 bits per heavy atom. The number of halogens is 1. The van der Waals surface area contributed by atoms with Gasteiger partial charge in [0.1, 0.15) is 0 Å². The van der Waals surface area contributed by atoms with E-state index in [0.29, 0.717) is 11.7 Å². The molecule has 84 valence electrons. The molecule has 1 heterocycles. The highest BCUT2D eigenvalue weighted by Gasteiger charge is 2.13. The first kappa shape index (κ1) is 11.3. The van der Waals surface area contributed by atoms with Gasteiger partial charge in [0.25, 0.3) is 0 Å². The maximum Gasteiger partial charge on any atom is 0.243 e. The molecule has 0 saturated heterocycles. The molecule has 1 aromatic heterocycles. The van der Waals surface area contributed by atoms with Crippen LogP contribution in [0.15, 0.2) is 33.3 Å². The van der Waals surface area contributed by atoms with Crippen LogP contribution >= 0.6 is 15.9 Å². The molecule has 4 nitrogen and oxygen atoms in total. The van der Waals surface area contributed by atoms with Gasteiger partial charge < -0.3 is 10.3 Å². The van der Waals surface area contributed by atoms with Crippen molar-refractivity contribution in [2.75, 3.05) is 0 Å². The van der Waals surface area contributed by atoms with Crippen molar-refractivity contribution in [3.63, 3.8) is 0 Å². The molecule has 0 aliphatic carbocycles. The Labute approximate surface area is 102 Å². The fourth-order valence-corrected chi connectivity index (χ4v) is 1.70. The molecule has 2 rings (SSSR count). The van der Waals surface area contributed by atoms with E-state index in [0.717, 1.165) is 16.5 Å². The lowest BCUT2D eigenvalue weighted by Crippen LogP contribution is -2.08. The lowest BCUT2D eigenvalue weighted by atomic mass is 10.2. The van der Waals surface area contributed by atoms with Crippen LogP contribution in [0.2, 0.25) is 0 Å². The Hall–Kier alpha value is -1.20.